The van der Waals surface area contributed by atoms with E-state index in [4.69, 9.17) is 10.5 Å². The minimum absolute atomic E-state index is 0.120. The first-order chi connectivity index (χ1) is 13.7. The van der Waals surface area contributed by atoms with Crippen molar-refractivity contribution in [3.63, 3.8) is 0 Å². The molecule has 8 nitrogen and oxygen atoms in total. The number of nitrogens with one attached hydrogen (secondary N) is 1. The summed E-state index contributed by atoms with van der Waals surface area (Å²) in [7, 11) is 0. The van der Waals surface area contributed by atoms with Gasteiger partial charge in [-0.25, -0.2) is 9.97 Å². The van der Waals surface area contributed by atoms with Crippen molar-refractivity contribution >= 4 is 33.5 Å². The Morgan fingerprint density at radius 1 is 1.14 bits per heavy atom. The zero-order chi connectivity index (χ0) is 19.1. The molecule has 8 heteroatoms. The Morgan fingerprint density at radius 2 is 2.00 bits per heavy atom. The van der Waals surface area contributed by atoms with Gasteiger partial charge in [0.05, 0.1) is 35.8 Å². The van der Waals surface area contributed by atoms with Crippen molar-refractivity contribution in [2.75, 3.05) is 32.0 Å². The second-order valence-corrected chi connectivity index (χ2v) is 6.71. The Bertz CT molecular complexity index is 1200. The van der Waals surface area contributed by atoms with Gasteiger partial charge >= 0.3 is 0 Å². The van der Waals surface area contributed by atoms with Crippen LogP contribution in [0.5, 0.6) is 0 Å². The number of carbonyl (C=O) groups is 1. The molecule has 0 radical (unpaired) electrons. The van der Waals surface area contributed by atoms with Crippen LogP contribution in [0.3, 0.4) is 0 Å². The number of hydrogen-bond donors (Lipinski definition) is 2. The van der Waals surface area contributed by atoms with E-state index in [1.54, 1.807) is 11.1 Å². The molecule has 0 unspecified atom stereocenters. The lowest BCUT2D eigenvalue weighted by Gasteiger charge is -2.26. The molecule has 4 aromatic rings. The Labute approximate surface area is 160 Å². The van der Waals surface area contributed by atoms with E-state index in [9.17, 15) is 4.79 Å². The molecule has 3 heterocycles. The minimum atomic E-state index is -0.220. The van der Waals surface area contributed by atoms with Crippen LogP contribution < -0.4 is 5.73 Å². The van der Waals surface area contributed by atoms with E-state index in [2.05, 4.69) is 20.2 Å². The monoisotopic (exact) mass is 374 g/mol. The number of nitrogens with zero attached hydrogens (tertiary/aromatic N) is 4. The van der Waals surface area contributed by atoms with Crippen LogP contribution in [0.2, 0.25) is 0 Å². The van der Waals surface area contributed by atoms with E-state index in [-0.39, 0.29) is 11.7 Å². The van der Waals surface area contributed by atoms with Crippen LogP contribution in [-0.4, -0.2) is 57.3 Å². The van der Waals surface area contributed by atoms with Crippen molar-refractivity contribution in [3.8, 4) is 11.1 Å². The molecular formula is C20H18N6O2. The summed E-state index contributed by atoms with van der Waals surface area (Å²) in [6, 6.07) is 11.8. The molecule has 1 aliphatic heterocycles. The maximum Gasteiger partial charge on any atom is 0.291 e. The van der Waals surface area contributed by atoms with Crippen molar-refractivity contribution in [1.29, 1.82) is 0 Å². The molecule has 0 spiro atoms. The summed E-state index contributed by atoms with van der Waals surface area (Å²) in [4.78, 5) is 23.3. The largest absolute Gasteiger partial charge is 0.383 e. The molecule has 0 atom stereocenters. The predicted molar refractivity (Wildman–Crippen MR) is 106 cm³/mol. The summed E-state index contributed by atoms with van der Waals surface area (Å²) < 4.78 is 5.30. The van der Waals surface area contributed by atoms with Gasteiger partial charge in [-0.1, -0.05) is 18.2 Å². The third-order valence-electron chi connectivity index (χ3n) is 4.99. The van der Waals surface area contributed by atoms with Crippen LogP contribution in [0, 0.1) is 0 Å². The van der Waals surface area contributed by atoms with Gasteiger partial charge in [-0.05, 0) is 29.3 Å². The van der Waals surface area contributed by atoms with Gasteiger partial charge in [-0.2, -0.15) is 5.10 Å². The summed E-state index contributed by atoms with van der Waals surface area (Å²) >= 11 is 0. The molecule has 1 amide bonds. The molecule has 140 valence electrons. The van der Waals surface area contributed by atoms with Crippen molar-refractivity contribution in [3.05, 3.63) is 48.4 Å². The first-order valence-corrected chi connectivity index (χ1v) is 9.07. The fourth-order valence-electron chi connectivity index (χ4n) is 3.57. The van der Waals surface area contributed by atoms with Crippen LogP contribution in [0.4, 0.5) is 5.82 Å². The molecule has 2 aromatic heterocycles. The summed E-state index contributed by atoms with van der Waals surface area (Å²) in [6.45, 7) is 2.11. The number of carbonyl (C=O) groups excluding carboxylic acids is 1. The number of nitrogens with two attached hydrogens (primary N) is 1. The quantitative estimate of drug-likeness (QED) is 0.557. The van der Waals surface area contributed by atoms with Crippen LogP contribution in [0.15, 0.2) is 42.6 Å². The second kappa shape index (κ2) is 6.58. The van der Waals surface area contributed by atoms with Crippen LogP contribution in [0.25, 0.3) is 32.9 Å². The number of rotatable bonds is 2. The number of morpholine rings is 1. The highest BCUT2D eigenvalue weighted by molar-refractivity contribution is 6.04. The molecule has 5 rings (SSSR count). The van der Waals surface area contributed by atoms with E-state index in [0.29, 0.717) is 37.6 Å². The zero-order valence-corrected chi connectivity index (χ0v) is 15.1. The number of fused-ring (bicyclic) bond motifs is 2. The molecule has 1 fully saturated rings. The second-order valence-electron chi connectivity index (χ2n) is 6.71. The van der Waals surface area contributed by atoms with E-state index in [1.165, 1.54) is 0 Å². The number of aromatic amines is 1. The molecule has 1 aliphatic rings. The third-order valence-corrected chi connectivity index (χ3v) is 4.99. The Kier molecular flexibility index (Phi) is 3.91. The Balaban J connectivity index is 1.61. The summed E-state index contributed by atoms with van der Waals surface area (Å²) in [5, 5.41) is 8.76. The normalized spacial score (nSPS) is 14.6. The lowest BCUT2D eigenvalue weighted by molar-refractivity contribution is 0.0295. The fourth-order valence-corrected chi connectivity index (χ4v) is 3.57. The van der Waals surface area contributed by atoms with Gasteiger partial charge in [0.25, 0.3) is 5.91 Å². The number of ether oxygens (including phenoxy) is 1. The number of aromatic nitrogens is 4. The van der Waals surface area contributed by atoms with Crippen molar-refractivity contribution in [2.24, 2.45) is 0 Å². The standard InChI is InChI=1S/C20H18N6O2/c21-18-17-14(12-4-5-15-13(10-12)11-22-25-15)2-1-3-16(17)23-19(24-18)20(27)26-6-8-28-9-7-26/h1-5,10-11H,6-9H2,(H,22,25)(H2,21,23,24). The number of H-pyrrole nitrogens is 1. The number of hydrogen-bond acceptors (Lipinski definition) is 6. The maximum atomic E-state index is 12.7. The Hall–Kier alpha value is -3.52. The van der Waals surface area contributed by atoms with Gasteiger partial charge in [0.1, 0.15) is 5.82 Å². The van der Waals surface area contributed by atoms with Crippen molar-refractivity contribution < 1.29 is 9.53 Å². The molecule has 28 heavy (non-hydrogen) atoms. The predicted octanol–water partition coefficient (Wildman–Crippen LogP) is 2.23. The lowest BCUT2D eigenvalue weighted by Crippen LogP contribution is -2.41. The highest BCUT2D eigenvalue weighted by Gasteiger charge is 2.22. The van der Waals surface area contributed by atoms with E-state index in [0.717, 1.165) is 27.4 Å². The SMILES string of the molecule is Nc1nc(C(=O)N2CCOCC2)nc2cccc(-c3ccc4[nH]ncc4c3)c12. The molecule has 1 saturated heterocycles. The van der Waals surface area contributed by atoms with Gasteiger partial charge in [0.15, 0.2) is 0 Å². The van der Waals surface area contributed by atoms with Gasteiger partial charge in [-0.3, -0.25) is 9.89 Å². The zero-order valence-electron chi connectivity index (χ0n) is 15.1. The minimum Gasteiger partial charge on any atom is -0.383 e. The van der Waals surface area contributed by atoms with Crippen LogP contribution in [0.1, 0.15) is 10.6 Å². The van der Waals surface area contributed by atoms with Gasteiger partial charge in [0, 0.05) is 18.5 Å². The first-order valence-electron chi connectivity index (χ1n) is 9.07. The van der Waals surface area contributed by atoms with Crippen molar-refractivity contribution in [2.45, 2.75) is 0 Å². The number of amides is 1. The van der Waals surface area contributed by atoms with E-state index < -0.39 is 0 Å². The highest BCUT2D eigenvalue weighted by atomic mass is 16.5. The van der Waals surface area contributed by atoms with Gasteiger partial charge < -0.3 is 15.4 Å². The van der Waals surface area contributed by atoms with Crippen LogP contribution >= 0.6 is 0 Å². The van der Waals surface area contributed by atoms with E-state index >= 15 is 0 Å². The Morgan fingerprint density at radius 3 is 2.86 bits per heavy atom. The summed E-state index contributed by atoms with van der Waals surface area (Å²) in [5.41, 5.74) is 9.81. The average Bonchev–Trinajstić information content (AvgIpc) is 3.21. The molecule has 2 aromatic carbocycles. The fraction of sp³-hybridized carbons (Fsp3) is 0.200. The third kappa shape index (κ3) is 2.74. The van der Waals surface area contributed by atoms with Crippen molar-refractivity contribution in [1.82, 2.24) is 25.1 Å². The maximum absolute atomic E-state index is 12.7. The molecule has 0 aliphatic carbocycles. The summed E-state index contributed by atoms with van der Waals surface area (Å²) in [6.07, 6.45) is 1.78. The average molecular weight is 374 g/mol. The highest BCUT2D eigenvalue weighted by Crippen LogP contribution is 2.32. The molecule has 0 saturated carbocycles. The number of anilines is 1. The number of nitrogen functional groups attached to an aromatic ring is 1. The number of benzene rings is 2. The molecular weight excluding hydrogens is 356 g/mol. The van der Waals surface area contributed by atoms with E-state index in [1.807, 2.05) is 36.4 Å². The first kappa shape index (κ1) is 16.6. The van der Waals surface area contributed by atoms with Gasteiger partial charge in [-0.15, -0.1) is 0 Å². The van der Waals surface area contributed by atoms with Crippen LogP contribution in [-0.2, 0) is 4.74 Å². The molecule has 0 bridgehead atoms. The smallest absolute Gasteiger partial charge is 0.291 e. The molecule has 3 N–H and O–H groups in total. The topological polar surface area (TPSA) is 110 Å². The summed E-state index contributed by atoms with van der Waals surface area (Å²) in [5.74, 6) is 0.195. The van der Waals surface area contributed by atoms with Gasteiger partial charge in [0.2, 0.25) is 5.82 Å². The lowest BCUT2D eigenvalue weighted by atomic mass is 9.99.